The highest BCUT2D eigenvalue weighted by atomic mass is 19.1. The molecule has 0 heterocycles. The molecular formula is C12H14FNO3. The molecular weight excluding hydrogens is 225 g/mol. The first kappa shape index (κ1) is 13.2. The minimum Gasteiger partial charge on any atom is -0.481 e. The molecule has 1 atom stereocenters. The fourth-order valence-electron chi connectivity index (χ4n) is 1.42. The summed E-state index contributed by atoms with van der Waals surface area (Å²) in [4.78, 5) is 23.5. The van der Waals surface area contributed by atoms with Crippen LogP contribution in [0.15, 0.2) is 24.3 Å². The number of rotatable bonds is 4. The standard InChI is InChI=1S/C12H14FNO3/c1-8(12(16)17)11(15)14(2)7-9-4-3-5-10(13)6-9/h3-6,8H,7H2,1-2H3,(H,16,17). The molecule has 0 aromatic heterocycles. The maximum atomic E-state index is 12.9. The summed E-state index contributed by atoms with van der Waals surface area (Å²) in [7, 11) is 1.49. The van der Waals surface area contributed by atoms with E-state index in [2.05, 4.69) is 0 Å². The van der Waals surface area contributed by atoms with E-state index in [4.69, 9.17) is 5.11 Å². The Kier molecular flexibility index (Phi) is 4.20. The van der Waals surface area contributed by atoms with Crippen molar-refractivity contribution in [3.05, 3.63) is 35.6 Å². The van der Waals surface area contributed by atoms with Crippen LogP contribution in [0.5, 0.6) is 0 Å². The first-order valence-electron chi connectivity index (χ1n) is 5.14. The summed E-state index contributed by atoms with van der Waals surface area (Å²) < 4.78 is 12.9. The van der Waals surface area contributed by atoms with E-state index < -0.39 is 17.8 Å². The summed E-state index contributed by atoms with van der Waals surface area (Å²) in [6, 6.07) is 5.85. The molecule has 1 aromatic carbocycles. The third-order valence-corrected chi connectivity index (χ3v) is 2.43. The Morgan fingerprint density at radius 3 is 2.65 bits per heavy atom. The second-order valence-corrected chi connectivity index (χ2v) is 3.88. The third kappa shape index (κ3) is 3.55. The first-order chi connectivity index (χ1) is 7.91. The quantitative estimate of drug-likeness (QED) is 0.810. The number of amides is 1. The first-order valence-corrected chi connectivity index (χ1v) is 5.14. The van der Waals surface area contributed by atoms with Crippen molar-refractivity contribution in [2.75, 3.05) is 7.05 Å². The predicted molar refractivity (Wildman–Crippen MR) is 59.7 cm³/mol. The van der Waals surface area contributed by atoms with Crippen molar-refractivity contribution >= 4 is 11.9 Å². The van der Waals surface area contributed by atoms with Gasteiger partial charge in [-0.25, -0.2) is 4.39 Å². The number of carboxylic acid groups (broad SMARTS) is 1. The number of carboxylic acids is 1. The topological polar surface area (TPSA) is 57.6 Å². The van der Waals surface area contributed by atoms with Gasteiger partial charge in [0, 0.05) is 13.6 Å². The maximum absolute atomic E-state index is 12.9. The van der Waals surface area contributed by atoms with Gasteiger partial charge in [0.2, 0.25) is 5.91 Å². The van der Waals surface area contributed by atoms with Gasteiger partial charge in [0.25, 0.3) is 0 Å². The number of aliphatic carboxylic acids is 1. The van der Waals surface area contributed by atoms with Gasteiger partial charge in [0.05, 0.1) is 0 Å². The lowest BCUT2D eigenvalue weighted by Gasteiger charge is -2.19. The smallest absolute Gasteiger partial charge is 0.315 e. The number of carbonyl (C=O) groups is 2. The maximum Gasteiger partial charge on any atom is 0.315 e. The molecule has 0 radical (unpaired) electrons. The van der Waals surface area contributed by atoms with Gasteiger partial charge >= 0.3 is 5.97 Å². The van der Waals surface area contributed by atoms with Crippen molar-refractivity contribution in [3.8, 4) is 0 Å². The molecule has 0 fully saturated rings. The van der Waals surface area contributed by atoms with Crippen molar-refractivity contribution in [3.63, 3.8) is 0 Å². The van der Waals surface area contributed by atoms with Crippen molar-refractivity contribution in [2.24, 2.45) is 5.92 Å². The van der Waals surface area contributed by atoms with Gasteiger partial charge in [-0.2, -0.15) is 0 Å². The van der Waals surface area contributed by atoms with Gasteiger partial charge in [-0.3, -0.25) is 9.59 Å². The Bertz CT molecular complexity index is 434. The highest BCUT2D eigenvalue weighted by molar-refractivity contribution is 5.96. The van der Waals surface area contributed by atoms with Crippen molar-refractivity contribution < 1.29 is 19.1 Å². The molecule has 1 unspecified atom stereocenters. The van der Waals surface area contributed by atoms with E-state index in [-0.39, 0.29) is 12.4 Å². The van der Waals surface area contributed by atoms with Crippen LogP contribution in [0.25, 0.3) is 0 Å². The second kappa shape index (κ2) is 5.43. The third-order valence-electron chi connectivity index (χ3n) is 2.43. The minimum atomic E-state index is -1.17. The fraction of sp³-hybridized carbons (Fsp3) is 0.333. The van der Waals surface area contributed by atoms with E-state index in [1.54, 1.807) is 12.1 Å². The Balaban J connectivity index is 2.69. The summed E-state index contributed by atoms with van der Waals surface area (Å²) in [5.41, 5.74) is 0.624. The van der Waals surface area contributed by atoms with E-state index >= 15 is 0 Å². The zero-order valence-electron chi connectivity index (χ0n) is 9.68. The number of halogens is 1. The van der Waals surface area contributed by atoms with Gasteiger partial charge < -0.3 is 10.0 Å². The minimum absolute atomic E-state index is 0.189. The normalized spacial score (nSPS) is 11.9. The number of carbonyl (C=O) groups excluding carboxylic acids is 1. The fourth-order valence-corrected chi connectivity index (χ4v) is 1.42. The summed E-state index contributed by atoms with van der Waals surface area (Å²) in [6.45, 7) is 1.51. The monoisotopic (exact) mass is 239 g/mol. The highest BCUT2D eigenvalue weighted by Gasteiger charge is 2.23. The van der Waals surface area contributed by atoms with Crippen LogP contribution in [-0.2, 0) is 16.1 Å². The van der Waals surface area contributed by atoms with E-state index in [1.165, 1.54) is 31.0 Å². The number of nitrogens with zero attached hydrogens (tertiary/aromatic N) is 1. The Labute approximate surface area is 98.7 Å². The van der Waals surface area contributed by atoms with Crippen LogP contribution in [0.3, 0.4) is 0 Å². The molecule has 0 bridgehead atoms. The molecule has 1 aromatic rings. The van der Waals surface area contributed by atoms with E-state index in [0.717, 1.165) is 0 Å². The highest BCUT2D eigenvalue weighted by Crippen LogP contribution is 2.09. The van der Waals surface area contributed by atoms with Gasteiger partial charge in [-0.05, 0) is 24.6 Å². The summed E-state index contributed by atoms with van der Waals surface area (Å²) in [5, 5.41) is 8.70. The molecule has 1 amide bonds. The number of hydrogen-bond acceptors (Lipinski definition) is 2. The van der Waals surface area contributed by atoms with Crippen molar-refractivity contribution in [2.45, 2.75) is 13.5 Å². The zero-order valence-corrected chi connectivity index (χ0v) is 9.68. The van der Waals surface area contributed by atoms with Gasteiger partial charge in [0.1, 0.15) is 11.7 Å². The number of hydrogen-bond donors (Lipinski definition) is 1. The van der Waals surface area contributed by atoms with E-state index in [0.29, 0.717) is 5.56 Å². The van der Waals surface area contributed by atoms with E-state index in [1.807, 2.05) is 0 Å². The van der Waals surface area contributed by atoms with E-state index in [9.17, 15) is 14.0 Å². The molecule has 0 aliphatic carbocycles. The molecule has 1 rings (SSSR count). The average molecular weight is 239 g/mol. The molecule has 0 aliphatic heterocycles. The van der Waals surface area contributed by atoms with Crippen LogP contribution >= 0.6 is 0 Å². The SMILES string of the molecule is CC(C(=O)O)C(=O)N(C)Cc1cccc(F)c1. The lowest BCUT2D eigenvalue weighted by molar-refractivity contribution is -0.149. The van der Waals surface area contributed by atoms with Crippen LogP contribution in [0.2, 0.25) is 0 Å². The van der Waals surface area contributed by atoms with Gasteiger partial charge in [-0.1, -0.05) is 12.1 Å². The van der Waals surface area contributed by atoms with Crippen molar-refractivity contribution in [1.82, 2.24) is 4.90 Å². The van der Waals surface area contributed by atoms with Crippen LogP contribution in [0, 0.1) is 11.7 Å². The van der Waals surface area contributed by atoms with Gasteiger partial charge in [0.15, 0.2) is 0 Å². The van der Waals surface area contributed by atoms with Gasteiger partial charge in [-0.15, -0.1) is 0 Å². The molecule has 0 saturated carbocycles. The van der Waals surface area contributed by atoms with Crippen LogP contribution in [0.4, 0.5) is 4.39 Å². The zero-order chi connectivity index (χ0) is 13.0. The van der Waals surface area contributed by atoms with Crippen molar-refractivity contribution in [1.29, 1.82) is 0 Å². The predicted octanol–water partition coefficient (Wildman–Crippen LogP) is 1.50. The molecule has 1 N–H and O–H groups in total. The number of benzene rings is 1. The summed E-state index contributed by atoms with van der Waals surface area (Å²) >= 11 is 0. The van der Waals surface area contributed by atoms with Crippen LogP contribution < -0.4 is 0 Å². The van der Waals surface area contributed by atoms with Crippen LogP contribution in [0.1, 0.15) is 12.5 Å². The second-order valence-electron chi connectivity index (χ2n) is 3.88. The molecule has 4 nitrogen and oxygen atoms in total. The molecule has 0 aliphatic rings. The molecule has 17 heavy (non-hydrogen) atoms. The molecule has 92 valence electrons. The lowest BCUT2D eigenvalue weighted by Crippen LogP contribution is -2.34. The largest absolute Gasteiger partial charge is 0.481 e. The molecule has 0 saturated heterocycles. The molecule has 5 heteroatoms. The summed E-state index contributed by atoms with van der Waals surface area (Å²) in [6.07, 6.45) is 0. The lowest BCUT2D eigenvalue weighted by atomic mass is 10.1. The Morgan fingerprint density at radius 2 is 2.12 bits per heavy atom. The summed E-state index contributed by atoms with van der Waals surface area (Å²) in [5.74, 6) is -3.13. The Morgan fingerprint density at radius 1 is 1.47 bits per heavy atom. The Hall–Kier alpha value is -1.91. The van der Waals surface area contributed by atoms with Crippen LogP contribution in [-0.4, -0.2) is 28.9 Å². The molecule has 0 spiro atoms. The average Bonchev–Trinajstić information content (AvgIpc) is 2.26.